The average Bonchev–Trinajstić information content (AvgIpc) is 3.09. The van der Waals surface area contributed by atoms with Crippen LogP contribution in [0.15, 0.2) is 115 Å². The molecule has 0 bridgehead atoms. The number of esters is 1. The van der Waals surface area contributed by atoms with Crippen LogP contribution in [0.5, 0.6) is 5.75 Å². The van der Waals surface area contributed by atoms with E-state index in [1.165, 1.54) is 7.11 Å². The number of carbonyl (C=O) groups is 1. The van der Waals surface area contributed by atoms with Gasteiger partial charge >= 0.3 is 5.97 Å². The van der Waals surface area contributed by atoms with Crippen molar-refractivity contribution < 1.29 is 14.6 Å². The average molecular weight is 616 g/mol. The number of aromatic nitrogens is 4. The zero-order valence-corrected chi connectivity index (χ0v) is 25.8. The minimum Gasteiger partial charge on any atom is -0.505 e. The van der Waals surface area contributed by atoms with Gasteiger partial charge in [0.15, 0.2) is 6.04 Å². The van der Waals surface area contributed by atoms with E-state index in [9.17, 15) is 9.90 Å². The number of phenolic OH excluding ortho intramolecular Hbond substituents is 1. The molecular weight excluding hydrogens is 578 g/mol. The molecule has 0 amide bonds. The van der Waals surface area contributed by atoms with Crippen molar-refractivity contribution in [3.63, 3.8) is 0 Å². The third-order valence-electron chi connectivity index (χ3n) is 7.47. The number of pyridine rings is 4. The van der Waals surface area contributed by atoms with Crippen LogP contribution in [0, 0.1) is 0 Å². The molecule has 0 unspecified atom stereocenters. The van der Waals surface area contributed by atoms with E-state index in [0.717, 1.165) is 28.3 Å². The van der Waals surface area contributed by atoms with E-state index in [-0.39, 0.29) is 12.2 Å². The van der Waals surface area contributed by atoms with Gasteiger partial charge in [-0.1, -0.05) is 30.3 Å². The van der Waals surface area contributed by atoms with Crippen molar-refractivity contribution in [2.75, 3.05) is 12.0 Å². The second-order valence-electron chi connectivity index (χ2n) is 10.8. The molecule has 46 heavy (non-hydrogen) atoms. The van der Waals surface area contributed by atoms with Crippen LogP contribution in [-0.4, -0.2) is 55.8 Å². The van der Waals surface area contributed by atoms with E-state index in [1.807, 2.05) is 89.8 Å². The van der Waals surface area contributed by atoms with E-state index in [2.05, 4.69) is 36.5 Å². The van der Waals surface area contributed by atoms with Crippen LogP contribution in [0.4, 0.5) is 5.69 Å². The monoisotopic (exact) mass is 615 g/mol. The number of anilines is 1. The van der Waals surface area contributed by atoms with Crippen LogP contribution >= 0.6 is 0 Å². The maximum absolute atomic E-state index is 12.5. The number of hydrogen-bond acceptors (Lipinski definition) is 10. The van der Waals surface area contributed by atoms with Crippen LogP contribution in [0.2, 0.25) is 0 Å². The quantitative estimate of drug-likeness (QED) is 0.126. The molecule has 5 rings (SSSR count). The van der Waals surface area contributed by atoms with Crippen molar-refractivity contribution in [2.24, 2.45) is 4.99 Å². The minimum atomic E-state index is -0.798. The van der Waals surface area contributed by atoms with Crippen LogP contribution < -0.4 is 4.90 Å². The molecule has 234 valence electrons. The summed E-state index contributed by atoms with van der Waals surface area (Å²) in [5.74, 6) is -0.347. The van der Waals surface area contributed by atoms with Gasteiger partial charge in [-0.3, -0.25) is 29.8 Å². The molecule has 1 atom stereocenters. The normalized spacial score (nSPS) is 11.6. The molecule has 4 aromatic heterocycles. The zero-order valence-electron chi connectivity index (χ0n) is 25.8. The van der Waals surface area contributed by atoms with Gasteiger partial charge in [0.25, 0.3) is 0 Å². The maximum atomic E-state index is 12.5. The topological polar surface area (TPSA) is 117 Å². The van der Waals surface area contributed by atoms with Gasteiger partial charge in [-0.15, -0.1) is 0 Å². The van der Waals surface area contributed by atoms with Crippen molar-refractivity contribution in [1.82, 2.24) is 24.8 Å². The van der Waals surface area contributed by atoms with Crippen LogP contribution in [0.25, 0.3) is 0 Å². The molecule has 10 nitrogen and oxygen atoms in total. The first-order valence-corrected chi connectivity index (χ1v) is 15.0. The SMILES string of the molecule is C=N[C@@H](Cc1cc(CN(Cc2ccccn2)Cc2ccccn2)c(O)c(N(Cc2ccccn2)Cc2ccccn2)c1)C(=O)OC. The summed E-state index contributed by atoms with van der Waals surface area (Å²) < 4.78 is 4.99. The number of ether oxygens (including phenoxy) is 1. The molecule has 4 heterocycles. The molecule has 5 aromatic rings. The van der Waals surface area contributed by atoms with Crippen molar-refractivity contribution >= 4 is 18.4 Å². The Morgan fingerprint density at radius 1 is 0.761 bits per heavy atom. The predicted molar refractivity (Wildman–Crippen MR) is 177 cm³/mol. The number of benzene rings is 1. The van der Waals surface area contributed by atoms with Crippen LogP contribution in [0.1, 0.15) is 33.9 Å². The van der Waals surface area contributed by atoms with Crippen LogP contribution in [0.3, 0.4) is 0 Å². The highest BCUT2D eigenvalue weighted by atomic mass is 16.5. The summed E-state index contributed by atoms with van der Waals surface area (Å²) in [6, 6.07) is 26.2. The number of aliphatic imine (C=N–C) groups is 1. The summed E-state index contributed by atoms with van der Waals surface area (Å²) in [5.41, 5.74) is 5.51. The number of hydrogen-bond donors (Lipinski definition) is 1. The fourth-order valence-electron chi connectivity index (χ4n) is 5.25. The maximum Gasteiger partial charge on any atom is 0.330 e. The Bertz CT molecular complexity index is 1610. The Balaban J connectivity index is 1.58. The Kier molecular flexibility index (Phi) is 11.1. The number of carbonyl (C=O) groups excluding carboxylic acids is 1. The third kappa shape index (κ3) is 8.80. The van der Waals surface area contributed by atoms with Gasteiger partial charge in [0.2, 0.25) is 0 Å². The Labute approximate surface area is 269 Å². The van der Waals surface area contributed by atoms with E-state index in [1.54, 1.807) is 24.8 Å². The van der Waals surface area contributed by atoms with E-state index in [0.29, 0.717) is 44.0 Å². The fourth-order valence-corrected chi connectivity index (χ4v) is 5.25. The highest BCUT2D eigenvalue weighted by molar-refractivity contribution is 5.77. The molecule has 0 saturated carbocycles. The van der Waals surface area contributed by atoms with Gasteiger partial charge in [-0.05, 0) is 66.9 Å². The summed E-state index contributed by atoms with van der Waals surface area (Å²) >= 11 is 0. The van der Waals surface area contributed by atoms with E-state index >= 15 is 0 Å². The molecule has 0 fully saturated rings. The highest BCUT2D eigenvalue weighted by Gasteiger charge is 2.23. The lowest BCUT2D eigenvalue weighted by molar-refractivity contribution is -0.142. The second kappa shape index (κ2) is 16.0. The lowest BCUT2D eigenvalue weighted by atomic mass is 10.00. The Morgan fingerprint density at radius 3 is 1.65 bits per heavy atom. The van der Waals surface area contributed by atoms with E-state index < -0.39 is 12.0 Å². The fraction of sp³-hybridized carbons (Fsp3) is 0.222. The molecule has 0 aliphatic heterocycles. The van der Waals surface area contributed by atoms with Crippen molar-refractivity contribution in [1.29, 1.82) is 0 Å². The van der Waals surface area contributed by atoms with Crippen molar-refractivity contribution in [2.45, 2.75) is 45.2 Å². The van der Waals surface area contributed by atoms with Gasteiger partial charge in [-0.2, -0.15) is 0 Å². The number of phenols is 1. The molecule has 1 aromatic carbocycles. The van der Waals surface area contributed by atoms with Gasteiger partial charge in [0, 0.05) is 56.4 Å². The summed E-state index contributed by atoms with van der Waals surface area (Å²) in [5, 5.41) is 12.0. The van der Waals surface area contributed by atoms with Crippen molar-refractivity contribution in [3.05, 3.63) is 144 Å². The smallest absolute Gasteiger partial charge is 0.330 e. The van der Waals surface area contributed by atoms with Gasteiger partial charge in [0.05, 0.1) is 48.7 Å². The van der Waals surface area contributed by atoms with Gasteiger partial charge in [-0.25, -0.2) is 4.79 Å². The highest BCUT2D eigenvalue weighted by Crippen LogP contribution is 2.36. The standard InChI is InChI=1S/C36H37N7O3/c1-37-33(36(45)46-2)20-27-19-28(22-42(23-29-11-3-7-15-38-29)24-30-12-4-8-16-39-30)35(44)34(21-27)43(25-31-13-5-9-17-40-31)26-32-14-6-10-18-41-32/h3-19,21,33,44H,1,20,22-26H2,2H3/t33-/m0/s1. The first kappa shape index (κ1) is 31.9. The summed E-state index contributed by atoms with van der Waals surface area (Å²) in [6.07, 6.45) is 7.29. The molecular formula is C36H37N7O3. The first-order chi connectivity index (χ1) is 22.5. The molecule has 1 N–H and O–H groups in total. The second-order valence-corrected chi connectivity index (χ2v) is 10.8. The Hall–Kier alpha value is -5.48. The molecule has 0 spiro atoms. The minimum absolute atomic E-state index is 0.129. The van der Waals surface area contributed by atoms with Crippen LogP contribution in [-0.2, 0) is 48.7 Å². The summed E-state index contributed by atoms with van der Waals surface area (Å²) in [4.78, 5) is 39.0. The largest absolute Gasteiger partial charge is 0.505 e. The summed E-state index contributed by atoms with van der Waals surface area (Å²) in [6.45, 7) is 5.90. The summed E-state index contributed by atoms with van der Waals surface area (Å²) in [7, 11) is 1.34. The van der Waals surface area contributed by atoms with Gasteiger partial charge in [0.1, 0.15) is 5.75 Å². The molecule has 0 radical (unpaired) electrons. The molecule has 10 heteroatoms. The number of aromatic hydroxyl groups is 1. The zero-order chi connectivity index (χ0) is 32.1. The number of rotatable bonds is 15. The lowest BCUT2D eigenvalue weighted by Crippen LogP contribution is -2.26. The third-order valence-corrected chi connectivity index (χ3v) is 7.47. The van der Waals surface area contributed by atoms with Gasteiger partial charge < -0.3 is 14.7 Å². The Morgan fingerprint density at radius 2 is 1.24 bits per heavy atom. The predicted octanol–water partition coefficient (Wildman–Crippen LogP) is 5.17. The number of nitrogens with zero attached hydrogens (tertiary/aromatic N) is 7. The molecule has 0 saturated heterocycles. The van der Waals surface area contributed by atoms with Crippen molar-refractivity contribution in [3.8, 4) is 5.75 Å². The van der Waals surface area contributed by atoms with E-state index in [4.69, 9.17) is 4.74 Å². The molecule has 0 aliphatic rings. The lowest BCUT2D eigenvalue weighted by Gasteiger charge is -2.29. The molecule has 0 aliphatic carbocycles. The first-order valence-electron chi connectivity index (χ1n) is 15.0. The number of methoxy groups -OCH3 is 1.